The summed E-state index contributed by atoms with van der Waals surface area (Å²) < 4.78 is 4.59. The lowest BCUT2D eigenvalue weighted by atomic mass is 9.97. The van der Waals surface area contributed by atoms with Crippen molar-refractivity contribution in [3.05, 3.63) is 74.7 Å². The van der Waals surface area contributed by atoms with Crippen molar-refractivity contribution in [2.75, 3.05) is 7.11 Å². The summed E-state index contributed by atoms with van der Waals surface area (Å²) in [5, 5.41) is 11.5. The number of H-pyrrole nitrogens is 1. The van der Waals surface area contributed by atoms with Crippen LogP contribution in [0.1, 0.15) is 30.5 Å². The van der Waals surface area contributed by atoms with Crippen molar-refractivity contribution in [2.45, 2.75) is 25.7 Å². The molecule has 1 atom stereocenters. The zero-order chi connectivity index (χ0) is 19.3. The highest BCUT2D eigenvalue weighted by Gasteiger charge is 2.19. The molecule has 1 heterocycles. The van der Waals surface area contributed by atoms with E-state index >= 15 is 0 Å². The van der Waals surface area contributed by atoms with Crippen molar-refractivity contribution >= 4 is 11.7 Å². The molecule has 2 rings (SSSR count). The van der Waals surface area contributed by atoms with Crippen LogP contribution >= 0.6 is 0 Å². The van der Waals surface area contributed by atoms with Gasteiger partial charge in [-0.3, -0.25) is 19.7 Å². The second-order valence-corrected chi connectivity index (χ2v) is 5.98. The number of aromatic nitrogens is 1. The molecule has 0 spiro atoms. The van der Waals surface area contributed by atoms with Gasteiger partial charge in [-0.05, 0) is 35.6 Å². The molecule has 0 aliphatic rings. The Morgan fingerprint density at radius 1 is 1.38 bits per heavy atom. The number of nitro groups is 1. The van der Waals surface area contributed by atoms with Crippen LogP contribution in [-0.2, 0) is 16.0 Å². The minimum Gasteiger partial charge on any atom is -0.469 e. The summed E-state index contributed by atoms with van der Waals surface area (Å²) in [4.78, 5) is 37.1. The van der Waals surface area contributed by atoms with Gasteiger partial charge in [-0.2, -0.15) is 0 Å². The Labute approximate surface area is 150 Å². The van der Waals surface area contributed by atoms with E-state index in [1.807, 2.05) is 6.92 Å². The van der Waals surface area contributed by atoms with Gasteiger partial charge in [0.1, 0.15) is 0 Å². The molecule has 7 heteroatoms. The molecule has 0 unspecified atom stereocenters. The highest BCUT2D eigenvalue weighted by atomic mass is 16.6. The van der Waals surface area contributed by atoms with E-state index in [9.17, 15) is 19.7 Å². The van der Waals surface area contributed by atoms with Gasteiger partial charge < -0.3 is 9.72 Å². The van der Waals surface area contributed by atoms with Crippen molar-refractivity contribution in [3.63, 3.8) is 0 Å². The molecule has 0 fully saturated rings. The Kier molecular flexibility index (Phi) is 6.06. The van der Waals surface area contributed by atoms with E-state index in [0.717, 1.165) is 0 Å². The lowest BCUT2D eigenvalue weighted by molar-refractivity contribution is -0.384. The Morgan fingerprint density at radius 3 is 2.73 bits per heavy atom. The quantitative estimate of drug-likeness (QED) is 0.355. The smallest absolute Gasteiger partial charge is 0.309 e. The SMILES string of the molecule is C=CC[C@@H](C)c1cc(-c2ccc(CC(=O)OC)cc2[N+](=O)[O-])cc(=O)[nH]1. The highest BCUT2D eigenvalue weighted by Crippen LogP contribution is 2.31. The van der Waals surface area contributed by atoms with Crippen LogP contribution in [0, 0.1) is 10.1 Å². The van der Waals surface area contributed by atoms with Crippen LogP contribution in [0.5, 0.6) is 0 Å². The largest absolute Gasteiger partial charge is 0.469 e. The molecule has 1 aromatic heterocycles. The molecule has 0 amide bonds. The average molecular weight is 356 g/mol. The molecule has 1 aromatic carbocycles. The number of benzene rings is 1. The van der Waals surface area contributed by atoms with Crippen LogP contribution in [0.25, 0.3) is 11.1 Å². The fourth-order valence-electron chi connectivity index (χ4n) is 2.68. The molecular formula is C19H20N2O5. The lowest BCUT2D eigenvalue weighted by Crippen LogP contribution is -2.10. The summed E-state index contributed by atoms with van der Waals surface area (Å²) in [5.41, 5.74) is 1.43. The van der Waals surface area contributed by atoms with Gasteiger partial charge in [0.2, 0.25) is 5.56 Å². The van der Waals surface area contributed by atoms with E-state index in [0.29, 0.717) is 28.8 Å². The number of nitrogens with zero attached hydrogens (tertiary/aromatic N) is 1. The first kappa shape index (κ1) is 19.1. The van der Waals surface area contributed by atoms with Crippen molar-refractivity contribution in [1.82, 2.24) is 4.98 Å². The normalized spacial score (nSPS) is 11.6. The Hall–Kier alpha value is -3.22. The van der Waals surface area contributed by atoms with Crippen LogP contribution in [-0.4, -0.2) is 23.0 Å². The minimum atomic E-state index is -0.524. The maximum Gasteiger partial charge on any atom is 0.309 e. The van der Waals surface area contributed by atoms with Crippen molar-refractivity contribution < 1.29 is 14.5 Å². The predicted octanol–water partition coefficient (Wildman–Crippen LogP) is 3.35. The van der Waals surface area contributed by atoms with E-state index in [2.05, 4.69) is 16.3 Å². The molecule has 0 radical (unpaired) electrons. The van der Waals surface area contributed by atoms with Crippen LogP contribution in [0.4, 0.5) is 5.69 Å². The molecular weight excluding hydrogens is 336 g/mol. The molecule has 0 aliphatic heterocycles. The number of hydrogen-bond acceptors (Lipinski definition) is 5. The summed E-state index contributed by atoms with van der Waals surface area (Å²) in [6.07, 6.45) is 2.36. The molecule has 0 bridgehead atoms. The number of nitro benzene ring substituents is 1. The molecule has 0 aliphatic carbocycles. The van der Waals surface area contributed by atoms with Gasteiger partial charge in [-0.15, -0.1) is 6.58 Å². The highest BCUT2D eigenvalue weighted by molar-refractivity contribution is 5.77. The fourth-order valence-corrected chi connectivity index (χ4v) is 2.68. The summed E-state index contributed by atoms with van der Waals surface area (Å²) in [6, 6.07) is 7.56. The number of nitrogens with one attached hydrogen (secondary N) is 1. The topological polar surface area (TPSA) is 102 Å². The minimum absolute atomic E-state index is 0.0257. The van der Waals surface area contributed by atoms with Crippen molar-refractivity contribution in [3.8, 4) is 11.1 Å². The number of ether oxygens (including phenoxy) is 1. The summed E-state index contributed by atoms with van der Waals surface area (Å²) in [6.45, 7) is 5.62. The van der Waals surface area contributed by atoms with Crippen molar-refractivity contribution in [2.24, 2.45) is 0 Å². The van der Waals surface area contributed by atoms with Crippen LogP contribution in [0.2, 0.25) is 0 Å². The van der Waals surface area contributed by atoms with E-state index in [1.54, 1.807) is 24.3 Å². The number of methoxy groups -OCH3 is 1. The van der Waals surface area contributed by atoms with E-state index in [-0.39, 0.29) is 23.6 Å². The van der Waals surface area contributed by atoms with Gasteiger partial charge >= 0.3 is 5.97 Å². The van der Waals surface area contributed by atoms with Crippen LogP contribution < -0.4 is 5.56 Å². The first-order valence-electron chi connectivity index (χ1n) is 8.05. The number of allylic oxidation sites excluding steroid dienone is 1. The number of pyridine rings is 1. The Balaban J connectivity index is 2.53. The van der Waals surface area contributed by atoms with E-state index in [1.165, 1.54) is 19.2 Å². The summed E-state index contributed by atoms with van der Waals surface area (Å²) in [5.74, 6) is -0.457. The average Bonchev–Trinajstić information content (AvgIpc) is 2.61. The van der Waals surface area contributed by atoms with E-state index in [4.69, 9.17) is 0 Å². The van der Waals surface area contributed by atoms with E-state index < -0.39 is 10.9 Å². The van der Waals surface area contributed by atoms with Gasteiger partial charge in [0.15, 0.2) is 0 Å². The summed E-state index contributed by atoms with van der Waals surface area (Å²) in [7, 11) is 1.26. The number of aromatic amines is 1. The molecule has 0 saturated carbocycles. The van der Waals surface area contributed by atoms with Gasteiger partial charge in [0.05, 0.1) is 24.0 Å². The molecule has 26 heavy (non-hydrogen) atoms. The van der Waals surface area contributed by atoms with Gasteiger partial charge in [0.25, 0.3) is 5.69 Å². The van der Waals surface area contributed by atoms with Crippen LogP contribution in [0.3, 0.4) is 0 Å². The lowest BCUT2D eigenvalue weighted by Gasteiger charge is -2.11. The second-order valence-electron chi connectivity index (χ2n) is 5.98. The first-order valence-corrected chi connectivity index (χ1v) is 8.05. The second kappa shape index (κ2) is 8.24. The number of rotatable bonds is 7. The monoisotopic (exact) mass is 356 g/mol. The van der Waals surface area contributed by atoms with Crippen LogP contribution in [0.15, 0.2) is 47.8 Å². The number of hydrogen-bond donors (Lipinski definition) is 1. The number of esters is 1. The third-order valence-electron chi connectivity index (χ3n) is 4.06. The van der Waals surface area contributed by atoms with Gasteiger partial charge in [-0.25, -0.2) is 0 Å². The maximum atomic E-state index is 12.0. The number of carbonyl (C=O) groups is 1. The zero-order valence-electron chi connectivity index (χ0n) is 14.7. The molecule has 2 aromatic rings. The third-order valence-corrected chi connectivity index (χ3v) is 4.06. The molecule has 1 N–H and O–H groups in total. The Morgan fingerprint density at radius 2 is 2.12 bits per heavy atom. The Bertz CT molecular complexity index is 901. The summed E-state index contributed by atoms with van der Waals surface area (Å²) >= 11 is 0. The molecule has 136 valence electrons. The zero-order valence-corrected chi connectivity index (χ0v) is 14.7. The standard InChI is InChI=1S/C19H20N2O5/c1-4-5-12(2)16-10-14(11-18(22)20-16)15-7-6-13(9-19(23)26-3)8-17(15)21(24)25/h4,6-8,10-12H,1,5,9H2,2-3H3,(H,20,22)/t12-/m1/s1. The fraction of sp³-hybridized carbons (Fsp3) is 0.263. The number of carbonyl (C=O) groups excluding carboxylic acids is 1. The molecule has 0 saturated heterocycles. The van der Waals surface area contributed by atoms with Gasteiger partial charge in [0, 0.05) is 17.8 Å². The third kappa shape index (κ3) is 4.44. The van der Waals surface area contributed by atoms with Crippen molar-refractivity contribution in [1.29, 1.82) is 0 Å². The van der Waals surface area contributed by atoms with Gasteiger partial charge in [-0.1, -0.05) is 19.1 Å². The predicted molar refractivity (Wildman–Crippen MR) is 98.1 cm³/mol. The maximum absolute atomic E-state index is 12.0. The molecule has 7 nitrogen and oxygen atoms in total. The first-order chi connectivity index (χ1) is 12.3.